The molecule has 16 heavy (non-hydrogen) atoms. The number of carbonyl (C=O) groups excluding carboxylic acids is 1. The van der Waals surface area contributed by atoms with Crippen LogP contribution in [0.2, 0.25) is 0 Å². The molecule has 0 spiro atoms. The number of alkyl halides is 3. The number of carbonyl (C=O) groups is 1. The first kappa shape index (κ1) is 12.5. The van der Waals surface area contributed by atoms with Crippen LogP contribution in [0.1, 0.15) is 25.0 Å². The van der Waals surface area contributed by atoms with Crippen LogP contribution < -0.4 is 0 Å². The van der Waals surface area contributed by atoms with Crippen molar-refractivity contribution in [2.45, 2.75) is 20.0 Å². The maximum absolute atomic E-state index is 12.4. The zero-order chi connectivity index (χ0) is 12.3. The van der Waals surface area contributed by atoms with Crippen molar-refractivity contribution in [1.29, 1.82) is 0 Å². The Morgan fingerprint density at radius 3 is 2.38 bits per heavy atom. The van der Waals surface area contributed by atoms with E-state index in [0.29, 0.717) is 11.1 Å². The summed E-state index contributed by atoms with van der Waals surface area (Å²) >= 11 is 0. The fourth-order valence-corrected chi connectivity index (χ4v) is 1.33. The van der Waals surface area contributed by atoms with E-state index < -0.39 is 11.7 Å². The van der Waals surface area contributed by atoms with Crippen LogP contribution in [0.5, 0.6) is 0 Å². The number of halogens is 3. The lowest BCUT2D eigenvalue weighted by molar-refractivity contribution is -0.137. The van der Waals surface area contributed by atoms with E-state index in [1.807, 2.05) is 0 Å². The van der Waals surface area contributed by atoms with Gasteiger partial charge in [0.05, 0.1) is 5.56 Å². The van der Waals surface area contributed by atoms with E-state index in [2.05, 4.69) is 0 Å². The Bertz CT molecular complexity index is 430. The van der Waals surface area contributed by atoms with Gasteiger partial charge in [0.15, 0.2) is 5.78 Å². The number of rotatable bonds is 2. The minimum atomic E-state index is -4.35. The minimum Gasteiger partial charge on any atom is -0.295 e. The highest BCUT2D eigenvalue weighted by Crippen LogP contribution is 2.30. The monoisotopic (exact) mass is 228 g/mol. The normalized spacial score (nSPS) is 12.7. The SMILES string of the molecule is CC(=O)/C=C(\C)c1cccc(C(F)(F)F)c1. The van der Waals surface area contributed by atoms with Gasteiger partial charge < -0.3 is 0 Å². The van der Waals surface area contributed by atoms with Gasteiger partial charge in [-0.3, -0.25) is 4.79 Å². The lowest BCUT2D eigenvalue weighted by atomic mass is 10.0. The fraction of sp³-hybridized carbons (Fsp3) is 0.250. The van der Waals surface area contributed by atoms with Crippen LogP contribution in [0.25, 0.3) is 5.57 Å². The molecule has 0 fully saturated rings. The molecule has 86 valence electrons. The predicted octanol–water partition coefficient (Wildman–Crippen LogP) is 3.70. The summed E-state index contributed by atoms with van der Waals surface area (Å²) in [4.78, 5) is 10.8. The third kappa shape index (κ3) is 3.22. The molecule has 0 aromatic heterocycles. The smallest absolute Gasteiger partial charge is 0.295 e. The molecule has 0 amide bonds. The standard InChI is InChI=1S/C12H11F3O/c1-8(6-9(2)16)10-4-3-5-11(7-10)12(13,14)15/h3-7H,1-2H3/b8-6+. The molecule has 4 heteroatoms. The average molecular weight is 228 g/mol. The molecule has 0 radical (unpaired) electrons. The van der Waals surface area contributed by atoms with E-state index in [0.717, 1.165) is 12.1 Å². The fourth-order valence-electron chi connectivity index (χ4n) is 1.33. The molecule has 0 unspecified atom stereocenters. The Morgan fingerprint density at radius 1 is 1.25 bits per heavy atom. The summed E-state index contributed by atoms with van der Waals surface area (Å²) in [6.45, 7) is 2.97. The number of ketones is 1. The number of benzene rings is 1. The molecule has 0 N–H and O–H groups in total. The van der Waals surface area contributed by atoms with Gasteiger partial charge in [-0.1, -0.05) is 12.1 Å². The van der Waals surface area contributed by atoms with Crippen molar-refractivity contribution in [2.75, 3.05) is 0 Å². The van der Waals surface area contributed by atoms with E-state index in [1.54, 1.807) is 13.0 Å². The number of hydrogen-bond acceptors (Lipinski definition) is 1. The van der Waals surface area contributed by atoms with Gasteiger partial charge in [0.1, 0.15) is 0 Å². The number of hydrogen-bond donors (Lipinski definition) is 0. The second kappa shape index (κ2) is 4.51. The van der Waals surface area contributed by atoms with Crippen molar-refractivity contribution in [1.82, 2.24) is 0 Å². The van der Waals surface area contributed by atoms with Gasteiger partial charge in [-0.25, -0.2) is 0 Å². The summed E-state index contributed by atoms with van der Waals surface area (Å²) in [5, 5.41) is 0. The van der Waals surface area contributed by atoms with Crippen LogP contribution in [-0.4, -0.2) is 5.78 Å². The molecule has 0 heterocycles. The molecule has 0 aliphatic heterocycles. The molecule has 0 aliphatic carbocycles. The van der Waals surface area contributed by atoms with Crippen molar-refractivity contribution in [3.05, 3.63) is 41.5 Å². The van der Waals surface area contributed by atoms with E-state index in [4.69, 9.17) is 0 Å². The van der Waals surface area contributed by atoms with Crippen molar-refractivity contribution >= 4 is 11.4 Å². The van der Waals surface area contributed by atoms with Gasteiger partial charge in [0.2, 0.25) is 0 Å². The maximum Gasteiger partial charge on any atom is 0.416 e. The molecule has 0 saturated heterocycles. The van der Waals surface area contributed by atoms with E-state index in [9.17, 15) is 18.0 Å². The third-order valence-electron chi connectivity index (χ3n) is 2.07. The van der Waals surface area contributed by atoms with Gasteiger partial charge >= 0.3 is 6.18 Å². The molecule has 1 nitrogen and oxygen atoms in total. The highest BCUT2D eigenvalue weighted by molar-refractivity contribution is 5.94. The molecule has 0 aliphatic rings. The molecular formula is C12H11F3O. The van der Waals surface area contributed by atoms with Gasteiger partial charge in [0.25, 0.3) is 0 Å². The summed E-state index contributed by atoms with van der Waals surface area (Å²) in [5.41, 5.74) is 0.227. The minimum absolute atomic E-state index is 0.185. The molecule has 0 bridgehead atoms. The zero-order valence-corrected chi connectivity index (χ0v) is 8.93. The van der Waals surface area contributed by atoms with Crippen molar-refractivity contribution in [3.63, 3.8) is 0 Å². The average Bonchev–Trinajstić information content (AvgIpc) is 2.15. The molecule has 0 atom stereocenters. The Hall–Kier alpha value is -1.58. The van der Waals surface area contributed by atoms with Crippen molar-refractivity contribution in [2.24, 2.45) is 0 Å². The second-order valence-corrected chi connectivity index (χ2v) is 3.52. The predicted molar refractivity (Wildman–Crippen MR) is 55.8 cm³/mol. The number of allylic oxidation sites excluding steroid dienone is 2. The Labute approximate surface area is 91.6 Å². The zero-order valence-electron chi connectivity index (χ0n) is 8.93. The van der Waals surface area contributed by atoms with Gasteiger partial charge in [0, 0.05) is 0 Å². The van der Waals surface area contributed by atoms with Crippen LogP contribution in [0.4, 0.5) is 13.2 Å². The molecule has 1 rings (SSSR count). The quantitative estimate of drug-likeness (QED) is 0.705. The van der Waals surface area contributed by atoms with E-state index in [-0.39, 0.29) is 5.78 Å². The van der Waals surface area contributed by atoms with E-state index in [1.165, 1.54) is 19.1 Å². The molecule has 1 aromatic rings. The van der Waals surface area contributed by atoms with Crippen LogP contribution in [-0.2, 0) is 11.0 Å². The summed E-state index contributed by atoms with van der Waals surface area (Å²) in [6.07, 6.45) is -3.04. The van der Waals surface area contributed by atoms with Crippen LogP contribution in [0.15, 0.2) is 30.3 Å². The summed E-state index contributed by atoms with van der Waals surface area (Å²) in [5.74, 6) is -0.185. The highest BCUT2D eigenvalue weighted by atomic mass is 19.4. The maximum atomic E-state index is 12.4. The van der Waals surface area contributed by atoms with Crippen LogP contribution >= 0.6 is 0 Å². The molecular weight excluding hydrogens is 217 g/mol. The van der Waals surface area contributed by atoms with Gasteiger partial charge in [-0.15, -0.1) is 0 Å². The third-order valence-corrected chi connectivity index (χ3v) is 2.07. The highest BCUT2D eigenvalue weighted by Gasteiger charge is 2.30. The largest absolute Gasteiger partial charge is 0.416 e. The van der Waals surface area contributed by atoms with Crippen LogP contribution in [0, 0.1) is 0 Å². The lowest BCUT2D eigenvalue weighted by Crippen LogP contribution is -2.04. The Kier molecular flexibility index (Phi) is 3.52. The van der Waals surface area contributed by atoms with Crippen molar-refractivity contribution < 1.29 is 18.0 Å². The Morgan fingerprint density at radius 2 is 1.88 bits per heavy atom. The van der Waals surface area contributed by atoms with Crippen molar-refractivity contribution in [3.8, 4) is 0 Å². The van der Waals surface area contributed by atoms with Crippen LogP contribution in [0.3, 0.4) is 0 Å². The first-order valence-corrected chi connectivity index (χ1v) is 4.67. The van der Waals surface area contributed by atoms with Gasteiger partial charge in [-0.2, -0.15) is 13.2 Å². The lowest BCUT2D eigenvalue weighted by Gasteiger charge is -2.08. The first-order chi connectivity index (χ1) is 7.30. The van der Waals surface area contributed by atoms with E-state index >= 15 is 0 Å². The summed E-state index contributed by atoms with van der Waals surface area (Å²) in [7, 11) is 0. The molecule has 1 aromatic carbocycles. The second-order valence-electron chi connectivity index (χ2n) is 3.52. The first-order valence-electron chi connectivity index (χ1n) is 4.67. The summed E-state index contributed by atoms with van der Waals surface area (Å²) in [6, 6.07) is 4.92. The Balaban J connectivity index is 3.13. The molecule has 0 saturated carbocycles. The topological polar surface area (TPSA) is 17.1 Å². The summed E-state index contributed by atoms with van der Waals surface area (Å²) < 4.78 is 37.2. The van der Waals surface area contributed by atoms with Gasteiger partial charge in [-0.05, 0) is 43.2 Å².